The summed E-state index contributed by atoms with van der Waals surface area (Å²) in [6.07, 6.45) is 0. The van der Waals surface area contributed by atoms with Crippen molar-refractivity contribution in [2.45, 2.75) is 52.4 Å². The van der Waals surface area contributed by atoms with Crippen LogP contribution in [0.5, 0.6) is 0 Å². The average molecular weight is 316 g/mol. The van der Waals surface area contributed by atoms with Gasteiger partial charge in [0.05, 0.1) is 12.3 Å². The third kappa shape index (κ3) is 3.90. The second-order valence-corrected chi connectivity index (χ2v) is 11.6. The molecule has 4 heteroatoms. The van der Waals surface area contributed by atoms with Gasteiger partial charge in [-0.25, -0.2) is 0 Å². The first-order valence-corrected chi connectivity index (χ1v) is 9.59. The molecule has 1 aromatic heterocycles. The second-order valence-electron chi connectivity index (χ2n) is 5.93. The first-order chi connectivity index (χ1) is 7.63. The number of pyridine rings is 1. The summed E-state index contributed by atoms with van der Waals surface area (Å²) in [6, 6.07) is 4.03. The Hall–Kier alpha value is -0.193. The number of hydrogen-bond acceptors (Lipinski definition) is 2. The molecule has 0 atom stereocenters. The maximum Gasteiger partial charge on any atom is 0.192 e. The third-order valence-corrected chi connectivity index (χ3v) is 8.63. The van der Waals surface area contributed by atoms with Crippen molar-refractivity contribution in [1.82, 2.24) is 4.98 Å². The van der Waals surface area contributed by atoms with Crippen LogP contribution in [0.3, 0.4) is 0 Å². The Kier molecular flexibility index (Phi) is 4.55. The molecule has 0 saturated carbocycles. The number of nitrogens with zero attached hydrogens (tertiary/aromatic N) is 1. The molecule has 0 aliphatic rings. The summed E-state index contributed by atoms with van der Waals surface area (Å²) in [7, 11) is -1.69. The molecular weight excluding hydrogens is 294 g/mol. The van der Waals surface area contributed by atoms with Crippen LogP contribution >= 0.6 is 15.9 Å². The lowest BCUT2D eigenvalue weighted by atomic mass is 10.2. The van der Waals surface area contributed by atoms with Crippen molar-refractivity contribution in [2.24, 2.45) is 0 Å². The van der Waals surface area contributed by atoms with Gasteiger partial charge < -0.3 is 4.43 Å². The summed E-state index contributed by atoms with van der Waals surface area (Å²) in [4.78, 5) is 4.51. The number of halogens is 1. The Bertz CT molecular complexity index is 399. The van der Waals surface area contributed by atoms with Crippen LogP contribution < -0.4 is 0 Å². The van der Waals surface area contributed by atoms with E-state index < -0.39 is 8.32 Å². The van der Waals surface area contributed by atoms with Gasteiger partial charge in [-0.15, -0.1) is 0 Å². The molecule has 0 aliphatic carbocycles. The van der Waals surface area contributed by atoms with Crippen LogP contribution in [0.2, 0.25) is 18.1 Å². The second kappa shape index (κ2) is 5.20. The minimum atomic E-state index is -1.69. The van der Waals surface area contributed by atoms with Crippen LogP contribution in [0, 0.1) is 6.92 Å². The fourth-order valence-electron chi connectivity index (χ4n) is 1.16. The van der Waals surface area contributed by atoms with Gasteiger partial charge in [0, 0.05) is 10.2 Å². The molecule has 0 radical (unpaired) electrons. The number of aryl methyl sites for hydroxylation is 1. The molecule has 0 bridgehead atoms. The summed E-state index contributed by atoms with van der Waals surface area (Å²) in [5.41, 5.74) is 2.02. The van der Waals surface area contributed by atoms with Gasteiger partial charge in [-0.05, 0) is 53.1 Å². The third-order valence-electron chi connectivity index (χ3n) is 3.43. The largest absolute Gasteiger partial charge is 0.411 e. The SMILES string of the molecule is Cc1ccc(Br)c(CO[Si](C)(C)C(C)(C)C)n1. The van der Waals surface area contributed by atoms with Gasteiger partial charge in [0.2, 0.25) is 0 Å². The highest BCUT2D eigenvalue weighted by Crippen LogP contribution is 2.37. The monoisotopic (exact) mass is 315 g/mol. The molecule has 1 aromatic rings. The van der Waals surface area contributed by atoms with E-state index in [4.69, 9.17) is 4.43 Å². The Labute approximate surface area is 114 Å². The topological polar surface area (TPSA) is 22.1 Å². The number of rotatable bonds is 3. The van der Waals surface area contributed by atoms with E-state index in [0.29, 0.717) is 6.61 Å². The number of hydrogen-bond donors (Lipinski definition) is 0. The fourth-order valence-corrected chi connectivity index (χ4v) is 2.43. The highest BCUT2D eigenvalue weighted by Gasteiger charge is 2.37. The minimum Gasteiger partial charge on any atom is -0.411 e. The van der Waals surface area contributed by atoms with E-state index in [1.165, 1.54) is 0 Å². The van der Waals surface area contributed by atoms with E-state index in [2.05, 4.69) is 54.8 Å². The van der Waals surface area contributed by atoms with Crippen LogP contribution in [0.1, 0.15) is 32.2 Å². The fraction of sp³-hybridized carbons (Fsp3) is 0.615. The van der Waals surface area contributed by atoms with Gasteiger partial charge in [-0.3, -0.25) is 4.98 Å². The van der Waals surface area contributed by atoms with Gasteiger partial charge in [-0.1, -0.05) is 20.8 Å². The summed E-state index contributed by atoms with van der Waals surface area (Å²) >= 11 is 3.52. The molecule has 0 aromatic carbocycles. The molecule has 96 valence electrons. The van der Waals surface area contributed by atoms with Crippen molar-refractivity contribution < 1.29 is 4.43 Å². The van der Waals surface area contributed by atoms with E-state index >= 15 is 0 Å². The minimum absolute atomic E-state index is 0.239. The molecule has 0 unspecified atom stereocenters. The quantitative estimate of drug-likeness (QED) is 0.756. The maximum absolute atomic E-state index is 6.16. The zero-order chi connectivity index (χ0) is 13.3. The lowest BCUT2D eigenvalue weighted by Crippen LogP contribution is -2.40. The molecule has 0 aliphatic heterocycles. The van der Waals surface area contributed by atoms with Crippen molar-refractivity contribution in [3.63, 3.8) is 0 Å². The van der Waals surface area contributed by atoms with Crippen molar-refractivity contribution in [2.75, 3.05) is 0 Å². The van der Waals surface area contributed by atoms with Gasteiger partial charge >= 0.3 is 0 Å². The van der Waals surface area contributed by atoms with E-state index in [-0.39, 0.29) is 5.04 Å². The Morgan fingerprint density at radius 2 is 1.88 bits per heavy atom. The molecule has 0 spiro atoms. The maximum atomic E-state index is 6.16. The van der Waals surface area contributed by atoms with Crippen molar-refractivity contribution >= 4 is 24.2 Å². The molecule has 0 amide bonds. The molecule has 1 heterocycles. The van der Waals surface area contributed by atoms with Gasteiger partial charge in [0.1, 0.15) is 0 Å². The molecule has 17 heavy (non-hydrogen) atoms. The van der Waals surface area contributed by atoms with Crippen LogP contribution in [-0.2, 0) is 11.0 Å². The summed E-state index contributed by atoms with van der Waals surface area (Å²) in [6.45, 7) is 13.9. The van der Waals surface area contributed by atoms with E-state index in [0.717, 1.165) is 15.9 Å². The highest BCUT2D eigenvalue weighted by atomic mass is 79.9. The van der Waals surface area contributed by atoms with Crippen molar-refractivity contribution in [1.29, 1.82) is 0 Å². The number of aromatic nitrogens is 1. The standard InChI is InChI=1S/C13H22BrNOSi/c1-10-7-8-11(14)12(15-10)9-16-17(5,6)13(2,3)4/h7-8H,9H2,1-6H3. The van der Waals surface area contributed by atoms with Gasteiger partial charge in [0.15, 0.2) is 8.32 Å². The molecule has 1 rings (SSSR count). The van der Waals surface area contributed by atoms with Crippen LogP contribution in [0.4, 0.5) is 0 Å². The Morgan fingerprint density at radius 3 is 2.41 bits per heavy atom. The highest BCUT2D eigenvalue weighted by molar-refractivity contribution is 9.10. The molecular formula is C13H22BrNOSi. The first-order valence-electron chi connectivity index (χ1n) is 5.89. The molecule has 2 nitrogen and oxygen atoms in total. The van der Waals surface area contributed by atoms with Crippen LogP contribution in [-0.4, -0.2) is 13.3 Å². The Morgan fingerprint density at radius 1 is 1.29 bits per heavy atom. The van der Waals surface area contributed by atoms with Gasteiger partial charge in [0.25, 0.3) is 0 Å². The molecule has 0 saturated heterocycles. The Balaban J connectivity index is 2.77. The van der Waals surface area contributed by atoms with Crippen LogP contribution in [0.15, 0.2) is 16.6 Å². The van der Waals surface area contributed by atoms with E-state index in [9.17, 15) is 0 Å². The predicted octanol–water partition coefficient (Wildman–Crippen LogP) is 4.67. The van der Waals surface area contributed by atoms with Crippen LogP contribution in [0.25, 0.3) is 0 Å². The molecule has 0 N–H and O–H groups in total. The first kappa shape index (κ1) is 14.9. The molecule has 0 fully saturated rings. The van der Waals surface area contributed by atoms with E-state index in [1.807, 2.05) is 19.1 Å². The van der Waals surface area contributed by atoms with Crippen molar-refractivity contribution in [3.8, 4) is 0 Å². The average Bonchev–Trinajstić information content (AvgIpc) is 2.18. The lowest BCUT2D eigenvalue weighted by Gasteiger charge is -2.36. The summed E-state index contributed by atoms with van der Waals surface area (Å²) in [5.74, 6) is 0. The zero-order valence-electron chi connectivity index (χ0n) is 11.6. The van der Waals surface area contributed by atoms with Gasteiger partial charge in [-0.2, -0.15) is 0 Å². The lowest BCUT2D eigenvalue weighted by molar-refractivity contribution is 0.271. The zero-order valence-corrected chi connectivity index (χ0v) is 14.2. The van der Waals surface area contributed by atoms with Crippen molar-refractivity contribution in [3.05, 3.63) is 28.0 Å². The summed E-state index contributed by atoms with van der Waals surface area (Å²) < 4.78 is 7.19. The van der Waals surface area contributed by atoms with E-state index in [1.54, 1.807) is 0 Å². The summed E-state index contributed by atoms with van der Waals surface area (Å²) in [5, 5.41) is 0.239. The smallest absolute Gasteiger partial charge is 0.192 e. The normalized spacial score (nSPS) is 12.9. The predicted molar refractivity (Wildman–Crippen MR) is 78.7 cm³/mol.